The van der Waals surface area contributed by atoms with E-state index < -0.39 is 33.6 Å². The van der Waals surface area contributed by atoms with Crippen LogP contribution in [0.1, 0.15) is 19.3 Å². The average molecular weight is 454 g/mol. The summed E-state index contributed by atoms with van der Waals surface area (Å²) < 4.78 is 1.64. The van der Waals surface area contributed by atoms with Crippen molar-refractivity contribution in [3.05, 3.63) is 30.3 Å². The number of rotatable bonds is 6. The minimum atomic E-state index is -1.88. The Morgan fingerprint density at radius 2 is 1.48 bits per heavy atom. The molecule has 0 spiro atoms. The van der Waals surface area contributed by atoms with Gasteiger partial charge in [0, 0.05) is 0 Å². The zero-order valence-electron chi connectivity index (χ0n) is 16.3. The van der Waals surface area contributed by atoms with Crippen LogP contribution in [-0.2, 0) is 0 Å². The summed E-state index contributed by atoms with van der Waals surface area (Å²) in [4.78, 5) is 10.8. The van der Waals surface area contributed by atoms with E-state index in [1.54, 1.807) is 9.25 Å². The molecule has 1 nitrogen and oxygen atoms in total. The molecule has 1 atom stereocenters. The van der Waals surface area contributed by atoms with Crippen molar-refractivity contribution < 1.29 is 0 Å². The molecule has 0 radical (unpaired) electrons. The predicted molar refractivity (Wildman–Crippen MR) is 114 cm³/mol. The Hall–Kier alpha value is 0.412. The standard InChI is InChI=1S/C16H28NSi2.3CH3.Sn/c1-18(2,3)19(4,16-11-7-5-8-12-16)15-17-13-9-6-10-14-17;;;;/h5,7-8,11-12H,4,6,9-10,13-15H2,1-3H3;3*1H3;/t19-;;;;/m0..../s1. The van der Waals surface area contributed by atoms with Crippen molar-refractivity contribution in [2.24, 2.45) is 0 Å². The number of benzene rings is 1. The number of hydrogen-bond acceptors (Lipinski definition) is 1. The van der Waals surface area contributed by atoms with Gasteiger partial charge in [-0.15, -0.1) is 0 Å². The molecule has 0 bridgehead atoms. The molecule has 0 N–H and O–H groups in total. The molecule has 4 heteroatoms. The van der Waals surface area contributed by atoms with E-state index >= 15 is 0 Å². The van der Waals surface area contributed by atoms with Crippen molar-refractivity contribution in [2.75, 3.05) is 19.3 Å². The molecule has 130 valence electrons. The van der Waals surface area contributed by atoms with Crippen LogP contribution in [0.15, 0.2) is 30.3 Å². The van der Waals surface area contributed by atoms with Gasteiger partial charge < -0.3 is 0 Å². The number of nitrogens with zero attached hydrogens (tertiary/aromatic N) is 1. The molecule has 0 unspecified atom stereocenters. The second-order valence-electron chi connectivity index (χ2n) is 9.77. The summed E-state index contributed by atoms with van der Waals surface area (Å²) in [5, 5.41) is 1.77. The Balaban J connectivity index is 2.45. The molecule has 23 heavy (non-hydrogen) atoms. The van der Waals surface area contributed by atoms with Crippen LogP contribution in [0.3, 0.4) is 0 Å². The molecular weight excluding hydrogens is 417 g/mol. The van der Waals surface area contributed by atoms with Gasteiger partial charge in [-0.25, -0.2) is 0 Å². The van der Waals surface area contributed by atoms with Gasteiger partial charge in [-0.2, -0.15) is 0 Å². The first kappa shape index (κ1) is 19.7. The van der Waals surface area contributed by atoms with Gasteiger partial charge in [-0.05, 0) is 0 Å². The third-order valence-corrected chi connectivity index (χ3v) is 40.3. The third kappa shape index (κ3) is 5.19. The number of piperidine rings is 1. The van der Waals surface area contributed by atoms with E-state index in [0.717, 1.165) is 0 Å². The fraction of sp³-hybridized carbons (Fsp3) is 0.684. The van der Waals surface area contributed by atoms with Gasteiger partial charge in [-0.1, -0.05) is 0 Å². The molecule has 1 fully saturated rings. The van der Waals surface area contributed by atoms with Crippen LogP contribution in [0.5, 0.6) is 0 Å². The Labute approximate surface area is 150 Å². The van der Waals surface area contributed by atoms with Gasteiger partial charge in [0.25, 0.3) is 0 Å². The second-order valence-corrected chi connectivity index (χ2v) is 42.7. The third-order valence-electron chi connectivity index (χ3n) is 5.54. The molecule has 1 aromatic rings. The van der Waals surface area contributed by atoms with Crippen LogP contribution in [0.2, 0.25) is 38.5 Å². The molecule has 1 saturated heterocycles. The number of likely N-dealkylation sites (tertiary alicyclic amines) is 1. The summed E-state index contributed by atoms with van der Waals surface area (Å²) in [7, 11) is -2.66. The maximum atomic E-state index is 2.86. The van der Waals surface area contributed by atoms with E-state index in [2.05, 4.69) is 69.7 Å². The average Bonchev–Trinajstić information content (AvgIpc) is 2.46. The first-order valence-electron chi connectivity index (χ1n) is 9.42. The summed E-state index contributed by atoms with van der Waals surface area (Å²) in [6, 6.07) is 11.8. The SMILES string of the molecule is C[Si](C)(C)[Si@](CN1CCCCC1)([CH2][Sn]([CH3])([CH3])[CH3])c1ccccc1. The second kappa shape index (κ2) is 7.75. The minimum absolute atomic E-state index is 1.22. The molecule has 0 aliphatic carbocycles. The van der Waals surface area contributed by atoms with E-state index in [4.69, 9.17) is 0 Å². The molecule has 1 aromatic carbocycles. The molecule has 0 saturated carbocycles. The Bertz CT molecular complexity index is 486. The van der Waals surface area contributed by atoms with Crippen molar-refractivity contribution >= 4 is 38.7 Å². The van der Waals surface area contributed by atoms with Crippen LogP contribution in [0.4, 0.5) is 0 Å². The topological polar surface area (TPSA) is 3.24 Å². The van der Waals surface area contributed by atoms with Crippen LogP contribution in [-0.4, -0.2) is 57.7 Å². The zero-order chi connectivity index (χ0) is 17.1. The van der Waals surface area contributed by atoms with E-state index in [-0.39, 0.29) is 0 Å². The quantitative estimate of drug-likeness (QED) is 0.566. The van der Waals surface area contributed by atoms with Crippen molar-refractivity contribution in [3.8, 4) is 0 Å². The van der Waals surface area contributed by atoms with Crippen molar-refractivity contribution in [3.63, 3.8) is 0 Å². The normalized spacial score (nSPS) is 20.3. The van der Waals surface area contributed by atoms with Crippen LogP contribution in [0.25, 0.3) is 0 Å². The van der Waals surface area contributed by atoms with Gasteiger partial charge in [0.15, 0.2) is 0 Å². The van der Waals surface area contributed by atoms with Gasteiger partial charge in [0.2, 0.25) is 0 Å². The molecule has 2 rings (SSSR count). The fourth-order valence-corrected chi connectivity index (χ4v) is 59.7. The first-order chi connectivity index (χ1) is 10.6. The Morgan fingerprint density at radius 1 is 0.913 bits per heavy atom. The molecule has 1 aliphatic rings. The van der Waals surface area contributed by atoms with Gasteiger partial charge in [0.1, 0.15) is 0 Å². The monoisotopic (exact) mass is 455 g/mol. The number of hydrogen-bond donors (Lipinski definition) is 0. The summed E-state index contributed by atoms with van der Waals surface area (Å²) in [6.07, 6.45) is 5.73. The predicted octanol–water partition coefficient (Wildman–Crippen LogP) is 4.66. The van der Waals surface area contributed by atoms with E-state index in [1.165, 1.54) is 38.5 Å². The van der Waals surface area contributed by atoms with Gasteiger partial charge in [-0.3, -0.25) is 0 Å². The molecular formula is C19H37NSi2Sn. The van der Waals surface area contributed by atoms with Crippen molar-refractivity contribution in [2.45, 2.75) is 57.8 Å². The van der Waals surface area contributed by atoms with Crippen LogP contribution in [0, 0.1) is 0 Å². The fourth-order valence-electron chi connectivity index (χ4n) is 4.35. The summed E-state index contributed by atoms with van der Waals surface area (Å²) >= 11 is -1.88. The summed E-state index contributed by atoms with van der Waals surface area (Å²) in [6.45, 7) is 10.7. The maximum absolute atomic E-state index is 2.86. The van der Waals surface area contributed by atoms with Crippen molar-refractivity contribution in [1.82, 2.24) is 4.90 Å². The zero-order valence-corrected chi connectivity index (χ0v) is 21.1. The van der Waals surface area contributed by atoms with Crippen LogP contribution >= 0.6 is 0 Å². The molecule has 1 aliphatic heterocycles. The molecule has 0 amide bonds. The van der Waals surface area contributed by atoms with E-state index in [9.17, 15) is 0 Å². The molecule has 0 aromatic heterocycles. The van der Waals surface area contributed by atoms with E-state index in [1.807, 2.05) is 0 Å². The van der Waals surface area contributed by atoms with Crippen LogP contribution < -0.4 is 5.19 Å². The first-order valence-corrected chi connectivity index (χ1v) is 26.9. The summed E-state index contributed by atoms with van der Waals surface area (Å²) in [5.41, 5.74) is 0. The Morgan fingerprint density at radius 3 is 1.96 bits per heavy atom. The van der Waals surface area contributed by atoms with Crippen molar-refractivity contribution in [1.29, 1.82) is 0 Å². The molecule has 1 heterocycles. The van der Waals surface area contributed by atoms with Gasteiger partial charge >= 0.3 is 151 Å². The Kier molecular flexibility index (Phi) is 6.65. The van der Waals surface area contributed by atoms with E-state index in [0.29, 0.717) is 0 Å². The van der Waals surface area contributed by atoms with Gasteiger partial charge in [0.05, 0.1) is 0 Å². The summed E-state index contributed by atoms with van der Waals surface area (Å²) in [5.74, 6) is 0.